The van der Waals surface area contributed by atoms with Crippen LogP contribution in [0.2, 0.25) is 0 Å². The molecular formula is C11H14N6O. The van der Waals surface area contributed by atoms with Crippen molar-refractivity contribution in [2.24, 2.45) is 0 Å². The number of nitrogens with one attached hydrogen (secondary N) is 2. The molecule has 0 saturated carbocycles. The van der Waals surface area contributed by atoms with E-state index in [9.17, 15) is 4.79 Å². The summed E-state index contributed by atoms with van der Waals surface area (Å²) in [5.74, 6) is -0.0780. The number of amides is 1. The third-order valence-electron chi connectivity index (χ3n) is 2.28. The van der Waals surface area contributed by atoms with Crippen molar-refractivity contribution in [1.82, 2.24) is 25.5 Å². The van der Waals surface area contributed by atoms with Crippen LogP contribution < -0.4 is 10.6 Å². The molecule has 0 fully saturated rings. The molecule has 0 bridgehead atoms. The number of hydrogen-bond acceptors (Lipinski definition) is 5. The average Bonchev–Trinajstić information content (AvgIpc) is 2.90. The first-order valence-corrected chi connectivity index (χ1v) is 5.63. The number of carbonyl (C=O) groups excluding carboxylic acids is 1. The molecule has 0 saturated heterocycles. The van der Waals surface area contributed by atoms with E-state index in [0.29, 0.717) is 12.2 Å². The average molecular weight is 246 g/mol. The molecule has 2 rings (SSSR count). The number of aromatic nitrogens is 4. The quantitative estimate of drug-likeness (QED) is 0.787. The normalized spacial score (nSPS) is 10.3. The first kappa shape index (κ1) is 12.2. The predicted molar refractivity (Wildman–Crippen MR) is 66.3 cm³/mol. The molecule has 0 radical (unpaired) electrons. The van der Waals surface area contributed by atoms with Crippen molar-refractivity contribution in [3.63, 3.8) is 0 Å². The Kier molecular flexibility index (Phi) is 3.98. The zero-order chi connectivity index (χ0) is 12.8. The zero-order valence-electron chi connectivity index (χ0n) is 10.00. The van der Waals surface area contributed by atoms with Gasteiger partial charge >= 0.3 is 0 Å². The zero-order valence-corrected chi connectivity index (χ0v) is 10.00. The number of benzene rings is 1. The Morgan fingerprint density at radius 1 is 1.44 bits per heavy atom. The first-order valence-electron chi connectivity index (χ1n) is 5.63. The number of tetrazole rings is 1. The summed E-state index contributed by atoms with van der Waals surface area (Å²) in [5, 5.41) is 16.7. The lowest BCUT2D eigenvalue weighted by atomic mass is 10.3. The van der Waals surface area contributed by atoms with Crippen LogP contribution in [-0.2, 0) is 4.79 Å². The molecule has 1 aromatic carbocycles. The Morgan fingerprint density at radius 2 is 2.33 bits per heavy atom. The van der Waals surface area contributed by atoms with E-state index in [1.54, 1.807) is 6.07 Å². The van der Waals surface area contributed by atoms with Gasteiger partial charge < -0.3 is 10.6 Å². The van der Waals surface area contributed by atoms with Crippen LogP contribution in [0.4, 0.5) is 5.69 Å². The Hall–Kier alpha value is -2.28. The fourth-order valence-electron chi connectivity index (χ4n) is 1.45. The molecule has 0 unspecified atom stereocenters. The van der Waals surface area contributed by atoms with Crippen LogP contribution in [0.15, 0.2) is 30.6 Å². The second-order valence-electron chi connectivity index (χ2n) is 3.63. The maximum atomic E-state index is 11.5. The Bertz CT molecular complexity index is 510. The summed E-state index contributed by atoms with van der Waals surface area (Å²) in [6, 6.07) is 7.31. The molecule has 1 aromatic heterocycles. The van der Waals surface area contributed by atoms with E-state index in [1.165, 1.54) is 11.0 Å². The van der Waals surface area contributed by atoms with Crippen LogP contribution in [-0.4, -0.2) is 39.2 Å². The second kappa shape index (κ2) is 5.87. The third-order valence-corrected chi connectivity index (χ3v) is 2.28. The number of likely N-dealkylation sites (N-methyl/N-ethyl adjacent to an activating group) is 1. The molecule has 2 aromatic rings. The predicted octanol–water partition coefficient (Wildman–Crippen LogP) is 0.210. The lowest BCUT2D eigenvalue weighted by Gasteiger charge is -2.07. The molecule has 0 atom stereocenters. The molecule has 0 aliphatic carbocycles. The highest BCUT2D eigenvalue weighted by atomic mass is 16.1. The molecule has 2 N–H and O–H groups in total. The molecule has 7 heteroatoms. The monoisotopic (exact) mass is 246 g/mol. The van der Waals surface area contributed by atoms with E-state index >= 15 is 0 Å². The van der Waals surface area contributed by atoms with Crippen LogP contribution in [0.3, 0.4) is 0 Å². The van der Waals surface area contributed by atoms with Crippen molar-refractivity contribution >= 4 is 11.6 Å². The van der Waals surface area contributed by atoms with Crippen molar-refractivity contribution in [3.8, 4) is 5.69 Å². The van der Waals surface area contributed by atoms with Gasteiger partial charge in [-0.15, -0.1) is 5.10 Å². The number of hydrogen-bond donors (Lipinski definition) is 2. The lowest BCUT2D eigenvalue weighted by molar-refractivity contribution is -0.115. The summed E-state index contributed by atoms with van der Waals surface area (Å²) in [6.07, 6.45) is 1.50. The number of nitrogens with zero attached hydrogens (tertiary/aromatic N) is 4. The minimum Gasteiger partial charge on any atom is -0.325 e. The fraction of sp³-hybridized carbons (Fsp3) is 0.273. The maximum absolute atomic E-state index is 11.5. The Labute approximate surface area is 104 Å². The molecule has 94 valence electrons. The summed E-state index contributed by atoms with van der Waals surface area (Å²) in [5.41, 5.74) is 1.51. The Balaban J connectivity index is 2.06. The van der Waals surface area contributed by atoms with Crippen LogP contribution in [0.1, 0.15) is 6.92 Å². The van der Waals surface area contributed by atoms with Gasteiger partial charge in [0.25, 0.3) is 0 Å². The van der Waals surface area contributed by atoms with Gasteiger partial charge in [0.1, 0.15) is 6.33 Å². The van der Waals surface area contributed by atoms with Crippen molar-refractivity contribution in [2.75, 3.05) is 18.4 Å². The molecule has 18 heavy (non-hydrogen) atoms. The number of carbonyl (C=O) groups is 1. The van der Waals surface area contributed by atoms with E-state index < -0.39 is 0 Å². The minimum atomic E-state index is -0.0780. The number of anilines is 1. The first-order chi connectivity index (χ1) is 8.79. The van der Waals surface area contributed by atoms with E-state index in [1.807, 2.05) is 25.1 Å². The van der Waals surface area contributed by atoms with Crippen LogP contribution in [0.25, 0.3) is 5.69 Å². The van der Waals surface area contributed by atoms with E-state index in [0.717, 1.165) is 12.2 Å². The standard InChI is InChI=1S/C11H14N6O/c1-2-12-7-11(18)14-9-4-3-5-10(6-9)17-8-13-15-16-17/h3-6,8,12H,2,7H2,1H3,(H,14,18). The van der Waals surface area contributed by atoms with Crippen molar-refractivity contribution in [1.29, 1.82) is 0 Å². The lowest BCUT2D eigenvalue weighted by Crippen LogP contribution is -2.27. The minimum absolute atomic E-state index is 0.0780. The smallest absolute Gasteiger partial charge is 0.238 e. The highest BCUT2D eigenvalue weighted by molar-refractivity contribution is 5.92. The summed E-state index contributed by atoms with van der Waals surface area (Å²) in [7, 11) is 0. The number of rotatable bonds is 5. The largest absolute Gasteiger partial charge is 0.325 e. The molecule has 0 aliphatic rings. The van der Waals surface area contributed by atoms with Crippen LogP contribution in [0.5, 0.6) is 0 Å². The van der Waals surface area contributed by atoms with Gasteiger partial charge in [0.05, 0.1) is 12.2 Å². The van der Waals surface area contributed by atoms with Gasteiger partial charge in [-0.1, -0.05) is 13.0 Å². The van der Waals surface area contributed by atoms with Gasteiger partial charge in [-0.2, -0.15) is 0 Å². The molecule has 1 heterocycles. The van der Waals surface area contributed by atoms with Crippen molar-refractivity contribution < 1.29 is 4.79 Å². The highest BCUT2D eigenvalue weighted by Crippen LogP contribution is 2.12. The van der Waals surface area contributed by atoms with E-state index in [4.69, 9.17) is 0 Å². The fourth-order valence-corrected chi connectivity index (χ4v) is 1.45. The molecule has 1 amide bonds. The van der Waals surface area contributed by atoms with Gasteiger partial charge in [-0.3, -0.25) is 4.79 Å². The second-order valence-corrected chi connectivity index (χ2v) is 3.63. The SMILES string of the molecule is CCNCC(=O)Nc1cccc(-n2cnnn2)c1. The van der Waals surface area contributed by atoms with Gasteiger partial charge in [0.2, 0.25) is 5.91 Å². The van der Waals surface area contributed by atoms with Gasteiger partial charge in [-0.25, -0.2) is 4.68 Å². The summed E-state index contributed by atoms with van der Waals surface area (Å²) >= 11 is 0. The summed E-state index contributed by atoms with van der Waals surface area (Å²) in [4.78, 5) is 11.5. The van der Waals surface area contributed by atoms with Gasteiger partial charge in [0, 0.05) is 5.69 Å². The third kappa shape index (κ3) is 3.11. The topological polar surface area (TPSA) is 84.7 Å². The summed E-state index contributed by atoms with van der Waals surface area (Å²) in [6.45, 7) is 3.01. The van der Waals surface area contributed by atoms with E-state index in [-0.39, 0.29) is 5.91 Å². The van der Waals surface area contributed by atoms with Crippen LogP contribution >= 0.6 is 0 Å². The molecule has 0 aliphatic heterocycles. The Morgan fingerprint density at radius 3 is 3.06 bits per heavy atom. The van der Waals surface area contributed by atoms with Crippen molar-refractivity contribution in [3.05, 3.63) is 30.6 Å². The van der Waals surface area contributed by atoms with Gasteiger partial charge in [0.15, 0.2) is 0 Å². The maximum Gasteiger partial charge on any atom is 0.238 e. The highest BCUT2D eigenvalue weighted by Gasteiger charge is 2.03. The molecule has 0 spiro atoms. The summed E-state index contributed by atoms with van der Waals surface area (Å²) < 4.78 is 1.53. The van der Waals surface area contributed by atoms with Gasteiger partial charge in [-0.05, 0) is 35.2 Å². The molecular weight excluding hydrogens is 232 g/mol. The molecule has 7 nitrogen and oxygen atoms in total. The van der Waals surface area contributed by atoms with E-state index in [2.05, 4.69) is 26.2 Å². The van der Waals surface area contributed by atoms with Crippen molar-refractivity contribution in [2.45, 2.75) is 6.92 Å². The van der Waals surface area contributed by atoms with Crippen LogP contribution in [0, 0.1) is 0 Å².